The van der Waals surface area contributed by atoms with Crippen molar-refractivity contribution in [2.75, 3.05) is 24.7 Å². The van der Waals surface area contributed by atoms with E-state index in [0.29, 0.717) is 39.9 Å². The summed E-state index contributed by atoms with van der Waals surface area (Å²) in [6, 6.07) is 1.24. The van der Waals surface area contributed by atoms with E-state index in [2.05, 4.69) is 22.0 Å². The van der Waals surface area contributed by atoms with Crippen molar-refractivity contribution in [1.29, 1.82) is 0 Å². The van der Waals surface area contributed by atoms with Crippen LogP contribution in [0.2, 0.25) is 0 Å². The topological polar surface area (TPSA) is 76.8 Å². The lowest BCUT2D eigenvalue weighted by Gasteiger charge is -2.24. The van der Waals surface area contributed by atoms with Crippen LogP contribution in [0.25, 0.3) is 11.3 Å². The molecule has 0 saturated carbocycles. The molecule has 2 aliphatic rings. The summed E-state index contributed by atoms with van der Waals surface area (Å²) in [5, 5.41) is 7.60. The van der Waals surface area contributed by atoms with Gasteiger partial charge in [0.15, 0.2) is 23.4 Å². The quantitative estimate of drug-likeness (QED) is 0.605. The van der Waals surface area contributed by atoms with Gasteiger partial charge in [0.2, 0.25) is 5.88 Å². The van der Waals surface area contributed by atoms with E-state index in [1.165, 1.54) is 6.07 Å². The minimum Gasteiger partial charge on any atom is -0.485 e. The van der Waals surface area contributed by atoms with Crippen LogP contribution in [0.5, 0.6) is 11.6 Å². The molecule has 10 heteroatoms. The van der Waals surface area contributed by atoms with E-state index in [0.717, 1.165) is 6.20 Å². The fourth-order valence-electron chi connectivity index (χ4n) is 3.66. The lowest BCUT2D eigenvalue weighted by molar-refractivity contribution is 0.207. The Kier molecular flexibility index (Phi) is 4.41. The van der Waals surface area contributed by atoms with Gasteiger partial charge >= 0.3 is 0 Å². The Morgan fingerprint density at radius 1 is 1.27 bits per heavy atom. The summed E-state index contributed by atoms with van der Waals surface area (Å²) in [5.74, 6) is 0.637. The molecular formula is C20H20F2N6O2. The van der Waals surface area contributed by atoms with Crippen LogP contribution in [0.15, 0.2) is 31.2 Å². The molecule has 2 aliphatic heterocycles. The summed E-state index contributed by atoms with van der Waals surface area (Å²) in [6.45, 7) is 6.39. The third-order valence-electron chi connectivity index (χ3n) is 5.05. The molecule has 2 atom stereocenters. The zero-order chi connectivity index (χ0) is 20.8. The number of halogens is 2. The highest BCUT2D eigenvalue weighted by Crippen LogP contribution is 2.33. The average Bonchev–Trinajstić information content (AvgIpc) is 3.06. The molecule has 0 aliphatic carbocycles. The van der Waals surface area contributed by atoms with Crippen LogP contribution >= 0.6 is 0 Å². The van der Waals surface area contributed by atoms with Crippen LogP contribution in [0, 0.1) is 5.82 Å². The maximum Gasteiger partial charge on any atom is 0.218 e. The van der Waals surface area contributed by atoms with Gasteiger partial charge in [0, 0.05) is 11.3 Å². The maximum atomic E-state index is 14.5. The molecule has 0 saturated heterocycles. The number of anilines is 1. The predicted molar refractivity (Wildman–Crippen MR) is 106 cm³/mol. The van der Waals surface area contributed by atoms with Crippen molar-refractivity contribution in [3.63, 3.8) is 0 Å². The number of fused-ring (bicyclic) bond motifs is 1. The molecule has 5 rings (SSSR count). The molecule has 156 valence electrons. The molecule has 1 N–H and O–H groups in total. The Bertz CT molecular complexity index is 1130. The number of hydrogen-bond acceptors (Lipinski definition) is 7. The third-order valence-corrected chi connectivity index (χ3v) is 5.05. The van der Waals surface area contributed by atoms with E-state index in [9.17, 15) is 8.78 Å². The molecule has 3 aromatic rings. The van der Waals surface area contributed by atoms with Crippen LogP contribution < -0.4 is 19.7 Å². The second-order valence-corrected chi connectivity index (χ2v) is 7.50. The first-order valence-electron chi connectivity index (χ1n) is 9.61. The molecule has 2 bridgehead atoms. The Hall–Kier alpha value is -3.43. The van der Waals surface area contributed by atoms with E-state index in [-0.39, 0.29) is 32.3 Å². The molecule has 30 heavy (non-hydrogen) atoms. The minimum atomic E-state index is -1.25. The first kappa shape index (κ1) is 18.6. The van der Waals surface area contributed by atoms with Crippen molar-refractivity contribution in [3.8, 4) is 11.6 Å². The molecule has 5 heterocycles. The molecular weight excluding hydrogens is 394 g/mol. The van der Waals surface area contributed by atoms with E-state index in [4.69, 9.17) is 14.5 Å². The number of pyridine rings is 1. The van der Waals surface area contributed by atoms with Crippen molar-refractivity contribution in [3.05, 3.63) is 48.2 Å². The van der Waals surface area contributed by atoms with Crippen LogP contribution in [0.3, 0.4) is 0 Å². The Balaban J connectivity index is 1.70. The number of ether oxygens (including phenoxy) is 2. The van der Waals surface area contributed by atoms with E-state index >= 15 is 0 Å². The minimum absolute atomic E-state index is 0.0329. The number of hydrogen-bond donors (Lipinski definition) is 1. The van der Waals surface area contributed by atoms with Crippen LogP contribution in [0.1, 0.15) is 18.1 Å². The maximum absolute atomic E-state index is 14.5. The monoisotopic (exact) mass is 414 g/mol. The van der Waals surface area contributed by atoms with Crippen molar-refractivity contribution < 1.29 is 18.3 Å². The second kappa shape index (κ2) is 7.12. The fourth-order valence-corrected chi connectivity index (χ4v) is 3.66. The summed E-state index contributed by atoms with van der Waals surface area (Å²) in [6.07, 6.45) is 3.19. The first-order chi connectivity index (χ1) is 14.5. The van der Waals surface area contributed by atoms with Gasteiger partial charge < -0.3 is 19.7 Å². The van der Waals surface area contributed by atoms with Gasteiger partial charge in [-0.1, -0.05) is 6.58 Å². The normalized spacial score (nSPS) is 21.4. The average molecular weight is 414 g/mol. The predicted octanol–water partition coefficient (Wildman–Crippen LogP) is 2.34. The third kappa shape index (κ3) is 3.27. The van der Waals surface area contributed by atoms with E-state index in [1.807, 2.05) is 6.92 Å². The van der Waals surface area contributed by atoms with Gasteiger partial charge in [0.25, 0.3) is 0 Å². The van der Waals surface area contributed by atoms with Crippen LogP contribution in [0.4, 0.5) is 14.6 Å². The van der Waals surface area contributed by atoms with Crippen molar-refractivity contribution in [1.82, 2.24) is 24.9 Å². The van der Waals surface area contributed by atoms with E-state index in [1.54, 1.807) is 21.8 Å². The first-order valence-corrected chi connectivity index (χ1v) is 9.61. The molecule has 8 nitrogen and oxygen atoms in total. The number of alkyl halides is 1. The lowest BCUT2D eigenvalue weighted by Crippen LogP contribution is -2.32. The molecule has 0 fully saturated rings. The van der Waals surface area contributed by atoms with Crippen molar-refractivity contribution >= 4 is 17.2 Å². The molecule has 0 unspecified atom stereocenters. The molecule has 3 aromatic heterocycles. The smallest absolute Gasteiger partial charge is 0.218 e. The summed E-state index contributed by atoms with van der Waals surface area (Å²) < 4.78 is 41.5. The number of nitrogens with zero attached hydrogens (tertiary/aromatic N) is 5. The van der Waals surface area contributed by atoms with Crippen LogP contribution in [-0.4, -0.2) is 51.6 Å². The van der Waals surface area contributed by atoms with Crippen LogP contribution in [-0.2, 0) is 6.54 Å². The summed E-state index contributed by atoms with van der Waals surface area (Å²) >= 11 is 0. The Morgan fingerprint density at radius 2 is 2.13 bits per heavy atom. The highest BCUT2D eigenvalue weighted by molar-refractivity contribution is 5.75. The fraction of sp³-hybridized carbons (Fsp3) is 0.350. The van der Waals surface area contributed by atoms with Gasteiger partial charge in [0.05, 0.1) is 43.3 Å². The second-order valence-electron chi connectivity index (χ2n) is 7.50. The number of nitrogens with one attached hydrogen (secondary N) is 1. The highest BCUT2D eigenvalue weighted by atomic mass is 19.1. The molecule has 0 spiro atoms. The van der Waals surface area contributed by atoms with Gasteiger partial charge in [-0.05, 0) is 13.0 Å². The van der Waals surface area contributed by atoms with Crippen molar-refractivity contribution in [2.45, 2.75) is 25.7 Å². The molecule has 0 amide bonds. The van der Waals surface area contributed by atoms with Gasteiger partial charge in [-0.15, -0.1) is 0 Å². The summed E-state index contributed by atoms with van der Waals surface area (Å²) in [4.78, 5) is 10.5. The largest absolute Gasteiger partial charge is 0.485 e. The van der Waals surface area contributed by atoms with Gasteiger partial charge in [-0.3, -0.25) is 0 Å². The van der Waals surface area contributed by atoms with Gasteiger partial charge in [0.1, 0.15) is 19.0 Å². The Morgan fingerprint density at radius 3 is 3.00 bits per heavy atom. The zero-order valence-corrected chi connectivity index (χ0v) is 16.3. The zero-order valence-electron chi connectivity index (χ0n) is 16.3. The highest BCUT2D eigenvalue weighted by Gasteiger charge is 2.28. The SMILES string of the molecule is C=C1N[C@H](C)COc2ncc(F)cc2CN2C[C@@H](F)COc3cn4ncc1c4nc32. The lowest BCUT2D eigenvalue weighted by atomic mass is 10.2. The molecule has 0 radical (unpaired) electrons. The van der Waals surface area contributed by atoms with Gasteiger partial charge in [-0.2, -0.15) is 5.10 Å². The Labute approximate surface area is 171 Å². The summed E-state index contributed by atoms with van der Waals surface area (Å²) in [5.41, 5.74) is 2.40. The summed E-state index contributed by atoms with van der Waals surface area (Å²) in [7, 11) is 0. The number of aromatic nitrogens is 4. The van der Waals surface area contributed by atoms with Crippen molar-refractivity contribution in [2.24, 2.45) is 0 Å². The number of rotatable bonds is 0. The molecule has 0 aromatic carbocycles. The van der Waals surface area contributed by atoms with Gasteiger partial charge in [-0.25, -0.2) is 23.3 Å². The van der Waals surface area contributed by atoms with E-state index < -0.39 is 12.0 Å². The standard InChI is InChI=1S/C20H20F2N6O2/c1-11-9-30-20-13(3-14(21)4-23-20)6-27-7-15(22)10-29-17-8-28-18(26-19(17)27)16(5-24-28)12(2)25-11/h3-5,8,11,15,25H,2,6-7,9-10H2,1H3/t11-,15-/m1/s1.